The van der Waals surface area contributed by atoms with Gasteiger partial charge in [-0.15, -0.1) is 12.4 Å². The number of piperidine rings is 1. The number of nitrogens with two attached hydrogens (primary N) is 1. The second-order valence-electron chi connectivity index (χ2n) is 6.71. The van der Waals surface area contributed by atoms with E-state index in [4.69, 9.17) is 5.73 Å². The number of likely N-dealkylation sites (tertiary alicyclic amines) is 1. The number of rotatable bonds is 3. The lowest BCUT2D eigenvalue weighted by molar-refractivity contribution is 0.0584. The largest absolute Gasteiger partial charge is 0.338 e. The Morgan fingerprint density at radius 3 is 2.80 bits per heavy atom. The molecule has 2 fully saturated rings. The molecule has 0 bridgehead atoms. The van der Waals surface area contributed by atoms with Crippen LogP contribution in [0.5, 0.6) is 0 Å². The minimum Gasteiger partial charge on any atom is -0.338 e. The van der Waals surface area contributed by atoms with Gasteiger partial charge in [-0.3, -0.25) is 9.69 Å². The van der Waals surface area contributed by atoms with Gasteiger partial charge in [0.15, 0.2) is 0 Å². The van der Waals surface area contributed by atoms with Gasteiger partial charge in [0.2, 0.25) is 0 Å². The molecule has 2 unspecified atom stereocenters. The Kier molecular flexibility index (Phi) is 6.67. The minimum atomic E-state index is -0.0997. The Balaban J connectivity index is 0.00000225. The van der Waals surface area contributed by atoms with E-state index in [2.05, 4.69) is 5.32 Å². The molecule has 2 heterocycles. The predicted molar refractivity (Wildman–Crippen MR) is 101 cm³/mol. The number of nitrogens with zero attached hydrogens (tertiary/aromatic N) is 2. The lowest BCUT2D eigenvalue weighted by atomic mass is 9.96. The molecular formula is C18H27ClN4O2. The highest BCUT2D eigenvalue weighted by molar-refractivity contribution is 5.98. The van der Waals surface area contributed by atoms with Crippen LogP contribution in [0.1, 0.15) is 43.0 Å². The fourth-order valence-corrected chi connectivity index (χ4v) is 3.60. The highest BCUT2D eigenvalue weighted by Gasteiger charge is 2.30. The molecule has 6 nitrogen and oxygen atoms in total. The number of carbonyl (C=O) groups excluding carboxylic acids is 2. The molecule has 0 radical (unpaired) electrons. The second kappa shape index (κ2) is 8.54. The van der Waals surface area contributed by atoms with Crippen LogP contribution in [-0.4, -0.2) is 48.6 Å². The second-order valence-corrected chi connectivity index (χ2v) is 6.71. The maximum atomic E-state index is 13.0. The Hall–Kier alpha value is -1.79. The van der Waals surface area contributed by atoms with Crippen molar-refractivity contribution in [2.24, 2.45) is 5.73 Å². The molecule has 1 aromatic carbocycles. The van der Waals surface area contributed by atoms with Crippen molar-refractivity contribution in [2.45, 2.75) is 44.7 Å². The van der Waals surface area contributed by atoms with Gasteiger partial charge in [-0.1, -0.05) is 6.07 Å². The van der Waals surface area contributed by atoms with Crippen molar-refractivity contribution < 1.29 is 9.59 Å². The zero-order valence-corrected chi connectivity index (χ0v) is 15.4. The Labute approximate surface area is 155 Å². The summed E-state index contributed by atoms with van der Waals surface area (Å²) in [6.45, 7) is 4.09. The number of hydrogen-bond acceptors (Lipinski definition) is 3. The van der Waals surface area contributed by atoms with Gasteiger partial charge >= 0.3 is 6.03 Å². The molecule has 0 spiro atoms. The van der Waals surface area contributed by atoms with Crippen LogP contribution in [0, 0.1) is 0 Å². The molecule has 2 atom stereocenters. The first-order valence-corrected chi connectivity index (χ1v) is 8.80. The third-order valence-electron chi connectivity index (χ3n) is 4.90. The van der Waals surface area contributed by atoms with Crippen LogP contribution < -0.4 is 16.0 Å². The van der Waals surface area contributed by atoms with E-state index in [1.54, 1.807) is 4.90 Å². The molecular weight excluding hydrogens is 340 g/mol. The summed E-state index contributed by atoms with van der Waals surface area (Å²) in [6, 6.07) is 7.31. The fraction of sp³-hybridized carbons (Fsp3) is 0.556. The lowest BCUT2D eigenvalue weighted by Crippen LogP contribution is -2.51. The first kappa shape index (κ1) is 19.5. The average Bonchev–Trinajstić information content (AvgIpc) is 2.61. The van der Waals surface area contributed by atoms with Crippen molar-refractivity contribution in [3.8, 4) is 0 Å². The van der Waals surface area contributed by atoms with Gasteiger partial charge in [0.1, 0.15) is 0 Å². The third-order valence-corrected chi connectivity index (χ3v) is 4.90. The molecule has 2 aliphatic heterocycles. The maximum absolute atomic E-state index is 13.0. The standard InChI is InChI=1S/C18H26N4O2.ClH/c1-13(19)16-8-2-3-10-22(16)17(23)14-6-4-7-15(12-14)21-11-5-9-20-18(21)24;/h4,6-7,12-13,16H,2-3,5,8-11,19H2,1H3,(H,20,24);1H. The lowest BCUT2D eigenvalue weighted by Gasteiger charge is -2.38. The molecule has 0 saturated carbocycles. The van der Waals surface area contributed by atoms with E-state index in [9.17, 15) is 9.59 Å². The molecule has 2 aliphatic rings. The SMILES string of the molecule is CC(N)C1CCCCN1C(=O)c1cccc(N2CCCNC2=O)c1.Cl. The van der Waals surface area contributed by atoms with Crippen LogP contribution in [0.15, 0.2) is 24.3 Å². The number of amides is 3. The van der Waals surface area contributed by atoms with E-state index >= 15 is 0 Å². The van der Waals surface area contributed by atoms with E-state index in [-0.39, 0.29) is 36.4 Å². The van der Waals surface area contributed by atoms with Crippen molar-refractivity contribution in [1.29, 1.82) is 0 Å². The van der Waals surface area contributed by atoms with Gasteiger partial charge in [0, 0.05) is 43.0 Å². The quantitative estimate of drug-likeness (QED) is 0.861. The number of hydrogen-bond donors (Lipinski definition) is 2. The highest BCUT2D eigenvalue weighted by Crippen LogP contribution is 2.24. The normalized spacial score (nSPS) is 22.0. The van der Waals surface area contributed by atoms with Crippen LogP contribution >= 0.6 is 12.4 Å². The number of nitrogens with one attached hydrogen (secondary N) is 1. The molecule has 0 aliphatic carbocycles. The first-order valence-electron chi connectivity index (χ1n) is 8.80. The number of carbonyl (C=O) groups is 2. The molecule has 2 saturated heterocycles. The van der Waals surface area contributed by atoms with E-state index < -0.39 is 0 Å². The summed E-state index contributed by atoms with van der Waals surface area (Å²) in [4.78, 5) is 28.6. The Morgan fingerprint density at radius 2 is 2.08 bits per heavy atom. The van der Waals surface area contributed by atoms with Crippen LogP contribution in [0.2, 0.25) is 0 Å². The maximum Gasteiger partial charge on any atom is 0.321 e. The van der Waals surface area contributed by atoms with Crippen molar-refractivity contribution in [3.63, 3.8) is 0 Å². The predicted octanol–water partition coefficient (Wildman–Crippen LogP) is 2.37. The fourth-order valence-electron chi connectivity index (χ4n) is 3.60. The molecule has 3 rings (SSSR count). The molecule has 3 amide bonds. The summed E-state index contributed by atoms with van der Waals surface area (Å²) in [7, 11) is 0. The average molecular weight is 367 g/mol. The monoisotopic (exact) mass is 366 g/mol. The van der Waals surface area contributed by atoms with E-state index in [0.717, 1.165) is 37.9 Å². The summed E-state index contributed by atoms with van der Waals surface area (Å²) in [6.07, 6.45) is 3.99. The molecule has 7 heteroatoms. The van der Waals surface area contributed by atoms with Gasteiger partial charge in [0.05, 0.1) is 0 Å². The van der Waals surface area contributed by atoms with Crippen LogP contribution in [0.3, 0.4) is 0 Å². The van der Waals surface area contributed by atoms with E-state index in [1.165, 1.54) is 0 Å². The molecule has 138 valence electrons. The van der Waals surface area contributed by atoms with Crippen LogP contribution in [0.4, 0.5) is 10.5 Å². The minimum absolute atomic E-state index is 0. The Bertz CT molecular complexity index is 623. The molecule has 25 heavy (non-hydrogen) atoms. The van der Waals surface area contributed by atoms with Gasteiger partial charge < -0.3 is 16.0 Å². The van der Waals surface area contributed by atoms with E-state index in [0.29, 0.717) is 18.7 Å². The molecule has 0 aromatic heterocycles. The summed E-state index contributed by atoms with van der Waals surface area (Å²) >= 11 is 0. The van der Waals surface area contributed by atoms with Crippen molar-refractivity contribution >= 4 is 30.0 Å². The van der Waals surface area contributed by atoms with Crippen molar-refractivity contribution in [2.75, 3.05) is 24.5 Å². The molecule has 1 aromatic rings. The number of urea groups is 1. The first-order chi connectivity index (χ1) is 11.6. The summed E-state index contributed by atoms with van der Waals surface area (Å²) < 4.78 is 0. The zero-order chi connectivity index (χ0) is 17.1. The summed E-state index contributed by atoms with van der Waals surface area (Å²) in [5.74, 6) is 0.0104. The smallest absolute Gasteiger partial charge is 0.321 e. The number of anilines is 1. The number of halogens is 1. The van der Waals surface area contributed by atoms with Gasteiger partial charge in [-0.05, 0) is 50.8 Å². The molecule has 3 N–H and O–H groups in total. The van der Waals surface area contributed by atoms with Gasteiger partial charge in [-0.25, -0.2) is 4.79 Å². The Morgan fingerprint density at radius 1 is 1.28 bits per heavy atom. The topological polar surface area (TPSA) is 78.7 Å². The van der Waals surface area contributed by atoms with Crippen LogP contribution in [0.25, 0.3) is 0 Å². The van der Waals surface area contributed by atoms with Crippen LogP contribution in [-0.2, 0) is 0 Å². The van der Waals surface area contributed by atoms with Gasteiger partial charge in [-0.2, -0.15) is 0 Å². The highest BCUT2D eigenvalue weighted by atomic mass is 35.5. The third kappa shape index (κ3) is 4.25. The van der Waals surface area contributed by atoms with Crippen molar-refractivity contribution in [3.05, 3.63) is 29.8 Å². The van der Waals surface area contributed by atoms with Crippen molar-refractivity contribution in [1.82, 2.24) is 10.2 Å². The summed E-state index contributed by atoms with van der Waals surface area (Å²) in [5, 5.41) is 2.84. The number of benzene rings is 1. The van der Waals surface area contributed by atoms with E-state index in [1.807, 2.05) is 36.1 Å². The summed E-state index contributed by atoms with van der Waals surface area (Å²) in [5.41, 5.74) is 7.48. The van der Waals surface area contributed by atoms with Gasteiger partial charge in [0.25, 0.3) is 5.91 Å². The zero-order valence-electron chi connectivity index (χ0n) is 14.6.